The van der Waals surface area contributed by atoms with E-state index in [0.717, 1.165) is 48.0 Å². The SMILES string of the molecule is C[C@@]12CN(Cc3ccc(Br)cc3)C[C@](C)(CN(C(=S)Nc3ccccc3)C1)C2. The molecule has 0 aliphatic carbocycles. The van der Waals surface area contributed by atoms with Gasteiger partial charge in [0.25, 0.3) is 0 Å². The number of para-hydroxylation sites is 1. The first-order valence-electron chi connectivity index (χ1n) is 9.90. The average Bonchev–Trinajstić information content (AvgIpc) is 2.62. The summed E-state index contributed by atoms with van der Waals surface area (Å²) in [5.41, 5.74) is 2.95. The van der Waals surface area contributed by atoms with Crippen LogP contribution in [0.2, 0.25) is 0 Å². The maximum absolute atomic E-state index is 5.78. The van der Waals surface area contributed by atoms with Gasteiger partial charge in [-0.15, -0.1) is 0 Å². The molecule has 2 heterocycles. The predicted molar refractivity (Wildman–Crippen MR) is 124 cm³/mol. The first-order valence-corrected chi connectivity index (χ1v) is 11.1. The summed E-state index contributed by atoms with van der Waals surface area (Å²) in [7, 11) is 0. The van der Waals surface area contributed by atoms with Crippen LogP contribution >= 0.6 is 28.1 Å². The van der Waals surface area contributed by atoms with Gasteiger partial charge in [0.2, 0.25) is 0 Å². The van der Waals surface area contributed by atoms with Gasteiger partial charge in [-0.2, -0.15) is 0 Å². The van der Waals surface area contributed by atoms with E-state index in [1.165, 1.54) is 12.0 Å². The minimum atomic E-state index is 0.253. The zero-order chi connectivity index (χ0) is 19.8. The Kier molecular flexibility index (Phi) is 5.51. The van der Waals surface area contributed by atoms with Gasteiger partial charge in [0, 0.05) is 42.9 Å². The highest BCUT2D eigenvalue weighted by atomic mass is 79.9. The Hall–Kier alpha value is -1.43. The van der Waals surface area contributed by atoms with Crippen molar-refractivity contribution in [3.8, 4) is 0 Å². The highest BCUT2D eigenvalue weighted by molar-refractivity contribution is 9.10. The summed E-state index contributed by atoms with van der Waals surface area (Å²) >= 11 is 9.31. The molecule has 2 atom stereocenters. The molecule has 0 aromatic heterocycles. The first-order chi connectivity index (χ1) is 13.3. The van der Waals surface area contributed by atoms with E-state index in [9.17, 15) is 0 Å². The third-order valence-electron chi connectivity index (χ3n) is 5.84. The quantitative estimate of drug-likeness (QED) is 0.623. The number of anilines is 1. The fourth-order valence-corrected chi connectivity index (χ4v) is 5.81. The second kappa shape index (κ2) is 7.77. The van der Waals surface area contributed by atoms with Gasteiger partial charge in [-0.05, 0) is 59.3 Å². The number of likely N-dealkylation sites (tertiary alicyclic amines) is 2. The molecule has 0 saturated carbocycles. The molecule has 0 radical (unpaired) electrons. The number of hydrogen-bond acceptors (Lipinski definition) is 2. The summed E-state index contributed by atoms with van der Waals surface area (Å²) in [6.45, 7) is 10.1. The second-order valence-electron chi connectivity index (χ2n) is 9.22. The molecule has 4 rings (SSSR count). The van der Waals surface area contributed by atoms with E-state index >= 15 is 0 Å². The number of rotatable bonds is 3. The topological polar surface area (TPSA) is 18.5 Å². The van der Waals surface area contributed by atoms with Crippen LogP contribution in [0, 0.1) is 10.8 Å². The molecule has 0 amide bonds. The van der Waals surface area contributed by atoms with E-state index in [1.54, 1.807) is 0 Å². The van der Waals surface area contributed by atoms with Crippen LogP contribution in [0.1, 0.15) is 25.8 Å². The zero-order valence-electron chi connectivity index (χ0n) is 16.6. The van der Waals surface area contributed by atoms with Crippen molar-refractivity contribution in [3.63, 3.8) is 0 Å². The van der Waals surface area contributed by atoms with Gasteiger partial charge in [-0.3, -0.25) is 4.90 Å². The second-order valence-corrected chi connectivity index (χ2v) is 10.5. The van der Waals surface area contributed by atoms with E-state index in [1.807, 2.05) is 18.2 Å². The maximum atomic E-state index is 5.78. The maximum Gasteiger partial charge on any atom is 0.173 e. The standard InChI is InChI=1S/C23H28BrN3S/c1-22-13-23(2,15-26(14-22)12-18-8-10-19(24)11-9-18)17-27(16-22)21(28)25-20-6-4-3-5-7-20/h3-11H,12-17H2,1-2H3,(H,25,28)/t22-,23-/m1/s1. The van der Waals surface area contributed by atoms with Crippen LogP contribution in [-0.2, 0) is 6.54 Å². The van der Waals surface area contributed by atoms with Crippen molar-refractivity contribution in [2.75, 3.05) is 31.5 Å². The lowest BCUT2D eigenvalue weighted by atomic mass is 9.65. The first kappa shape index (κ1) is 19.9. The molecular weight excluding hydrogens is 430 g/mol. The molecule has 2 saturated heterocycles. The van der Waals surface area contributed by atoms with E-state index in [0.29, 0.717) is 0 Å². The molecule has 2 aromatic rings. The smallest absolute Gasteiger partial charge is 0.173 e. The van der Waals surface area contributed by atoms with Crippen LogP contribution in [0.3, 0.4) is 0 Å². The van der Waals surface area contributed by atoms with Gasteiger partial charge >= 0.3 is 0 Å². The lowest BCUT2D eigenvalue weighted by Gasteiger charge is -2.57. The molecule has 5 heteroatoms. The van der Waals surface area contributed by atoms with Crippen molar-refractivity contribution in [2.45, 2.75) is 26.8 Å². The van der Waals surface area contributed by atoms with Crippen LogP contribution in [-0.4, -0.2) is 41.1 Å². The van der Waals surface area contributed by atoms with Crippen molar-refractivity contribution in [3.05, 3.63) is 64.6 Å². The molecule has 148 valence electrons. The van der Waals surface area contributed by atoms with Crippen molar-refractivity contribution < 1.29 is 0 Å². The fourth-order valence-electron chi connectivity index (χ4n) is 5.29. The number of benzene rings is 2. The van der Waals surface area contributed by atoms with Crippen molar-refractivity contribution in [2.24, 2.45) is 10.8 Å². The molecule has 28 heavy (non-hydrogen) atoms. The molecule has 0 unspecified atom stereocenters. The number of fused-ring (bicyclic) bond motifs is 2. The number of halogens is 1. The normalized spacial score (nSPS) is 27.5. The number of nitrogens with zero attached hydrogens (tertiary/aromatic N) is 2. The Labute approximate surface area is 182 Å². The number of nitrogens with one attached hydrogen (secondary N) is 1. The number of piperidine rings is 2. The minimum absolute atomic E-state index is 0.253. The van der Waals surface area contributed by atoms with E-state index < -0.39 is 0 Å². The van der Waals surface area contributed by atoms with Gasteiger partial charge in [0.15, 0.2) is 5.11 Å². The van der Waals surface area contributed by atoms with Gasteiger partial charge in [-0.1, -0.05) is 60.1 Å². The molecule has 2 aromatic carbocycles. The van der Waals surface area contributed by atoms with E-state index in [4.69, 9.17) is 12.2 Å². The minimum Gasteiger partial charge on any atom is -0.348 e. The Bertz CT molecular complexity index is 821. The Balaban J connectivity index is 1.45. The van der Waals surface area contributed by atoms with Crippen LogP contribution in [0.5, 0.6) is 0 Å². The predicted octanol–water partition coefficient (Wildman–Crippen LogP) is 5.38. The van der Waals surface area contributed by atoms with Crippen LogP contribution in [0.25, 0.3) is 0 Å². The summed E-state index contributed by atoms with van der Waals surface area (Å²) in [6, 6.07) is 19.0. The van der Waals surface area contributed by atoms with Crippen LogP contribution in [0.4, 0.5) is 5.69 Å². The fraction of sp³-hybridized carbons (Fsp3) is 0.435. The molecule has 2 aliphatic rings. The van der Waals surface area contributed by atoms with Crippen molar-refractivity contribution in [1.82, 2.24) is 9.80 Å². The van der Waals surface area contributed by atoms with Gasteiger partial charge in [-0.25, -0.2) is 0 Å². The number of hydrogen-bond donors (Lipinski definition) is 1. The van der Waals surface area contributed by atoms with Gasteiger partial charge in [0.05, 0.1) is 0 Å². The third-order valence-corrected chi connectivity index (χ3v) is 6.73. The molecule has 2 aliphatic heterocycles. The Morgan fingerprint density at radius 1 is 0.964 bits per heavy atom. The van der Waals surface area contributed by atoms with E-state index in [2.05, 4.69) is 81.3 Å². The molecule has 2 bridgehead atoms. The summed E-state index contributed by atoms with van der Waals surface area (Å²) in [5.74, 6) is 0. The summed E-state index contributed by atoms with van der Waals surface area (Å²) in [6.07, 6.45) is 1.27. The monoisotopic (exact) mass is 457 g/mol. The molecule has 1 N–H and O–H groups in total. The highest BCUT2D eigenvalue weighted by Gasteiger charge is 2.48. The highest BCUT2D eigenvalue weighted by Crippen LogP contribution is 2.45. The van der Waals surface area contributed by atoms with E-state index in [-0.39, 0.29) is 10.8 Å². The Morgan fingerprint density at radius 3 is 2.18 bits per heavy atom. The van der Waals surface area contributed by atoms with Crippen molar-refractivity contribution >= 4 is 38.9 Å². The Morgan fingerprint density at radius 2 is 1.57 bits per heavy atom. The van der Waals surface area contributed by atoms with Gasteiger partial charge in [0.1, 0.15) is 0 Å². The third kappa shape index (κ3) is 4.58. The summed E-state index contributed by atoms with van der Waals surface area (Å²) in [5, 5.41) is 4.28. The van der Waals surface area contributed by atoms with Crippen LogP contribution < -0.4 is 5.32 Å². The average molecular weight is 458 g/mol. The van der Waals surface area contributed by atoms with Crippen LogP contribution in [0.15, 0.2) is 59.1 Å². The summed E-state index contributed by atoms with van der Waals surface area (Å²) in [4.78, 5) is 5.03. The summed E-state index contributed by atoms with van der Waals surface area (Å²) < 4.78 is 1.14. The largest absolute Gasteiger partial charge is 0.348 e. The lowest BCUT2D eigenvalue weighted by Crippen LogP contribution is -2.63. The number of thiocarbonyl (C=S) groups is 1. The molecule has 2 fully saturated rings. The van der Waals surface area contributed by atoms with Crippen molar-refractivity contribution in [1.29, 1.82) is 0 Å². The molecule has 0 spiro atoms. The molecule has 3 nitrogen and oxygen atoms in total. The zero-order valence-corrected chi connectivity index (χ0v) is 19.0. The molecular formula is C23H28BrN3S. The lowest BCUT2D eigenvalue weighted by molar-refractivity contribution is -0.0553. The van der Waals surface area contributed by atoms with Gasteiger partial charge < -0.3 is 10.2 Å².